The monoisotopic (exact) mass is 287 g/mol. The Bertz CT molecular complexity index is 495. The third-order valence-corrected chi connectivity index (χ3v) is 2.41. The largest absolute Gasteiger partial charge is 0.483 e. The Hall–Kier alpha value is -1.98. The van der Waals surface area contributed by atoms with Crippen LogP contribution in [0.15, 0.2) is 36.5 Å². The molecule has 6 heteroatoms. The Kier molecular flexibility index (Phi) is 5.19. The Morgan fingerprint density at radius 3 is 2.55 bits per heavy atom. The molecule has 0 bridgehead atoms. The predicted octanol–water partition coefficient (Wildman–Crippen LogP) is 3.12. The smallest absolute Gasteiger partial charge is 0.416 e. The van der Waals surface area contributed by atoms with Crippen LogP contribution in [0, 0.1) is 0 Å². The minimum absolute atomic E-state index is 0.0129. The van der Waals surface area contributed by atoms with E-state index in [-0.39, 0.29) is 11.5 Å². The molecule has 1 unspecified atom stereocenters. The van der Waals surface area contributed by atoms with Gasteiger partial charge in [0.05, 0.1) is 5.56 Å². The molecular weight excluding hydrogens is 271 g/mol. The fourth-order valence-electron chi connectivity index (χ4n) is 1.37. The van der Waals surface area contributed by atoms with E-state index in [2.05, 4.69) is 0 Å². The summed E-state index contributed by atoms with van der Waals surface area (Å²) >= 11 is 0. The average molecular weight is 287 g/mol. The van der Waals surface area contributed by atoms with Crippen molar-refractivity contribution in [1.29, 1.82) is 0 Å². The van der Waals surface area contributed by atoms with E-state index in [1.165, 1.54) is 25.1 Å². The van der Waals surface area contributed by atoms with E-state index in [4.69, 9.17) is 4.74 Å². The molecule has 0 fully saturated rings. The van der Waals surface area contributed by atoms with E-state index in [1.54, 1.807) is 25.2 Å². The molecule has 3 nitrogen and oxygen atoms in total. The van der Waals surface area contributed by atoms with Gasteiger partial charge in [-0.15, -0.1) is 0 Å². The number of nitrogens with zero attached hydrogens (tertiary/aromatic N) is 1. The first-order valence-electron chi connectivity index (χ1n) is 5.92. The molecule has 110 valence electrons. The van der Waals surface area contributed by atoms with E-state index in [0.717, 1.165) is 12.1 Å². The lowest BCUT2D eigenvalue weighted by Crippen LogP contribution is -2.22. The van der Waals surface area contributed by atoms with Gasteiger partial charge < -0.3 is 9.64 Å². The summed E-state index contributed by atoms with van der Waals surface area (Å²) in [7, 11) is 3.50. The second kappa shape index (κ2) is 6.45. The first-order chi connectivity index (χ1) is 9.20. The highest BCUT2D eigenvalue weighted by atomic mass is 19.4. The zero-order chi connectivity index (χ0) is 15.3. The Labute approximate surface area is 115 Å². The zero-order valence-corrected chi connectivity index (χ0v) is 11.4. The number of hydrogen-bond acceptors (Lipinski definition) is 3. The molecule has 0 saturated carbocycles. The molecule has 0 amide bonds. The number of halogens is 3. The van der Waals surface area contributed by atoms with Crippen LogP contribution in [-0.2, 0) is 11.0 Å². The van der Waals surface area contributed by atoms with Crippen LogP contribution in [0.25, 0.3) is 0 Å². The number of hydrogen-bond donors (Lipinski definition) is 0. The Morgan fingerprint density at radius 1 is 1.35 bits per heavy atom. The Balaban J connectivity index is 2.76. The lowest BCUT2D eigenvalue weighted by molar-refractivity contribution is -0.137. The molecule has 1 aromatic rings. The molecular formula is C14H16F3NO2. The van der Waals surface area contributed by atoms with Gasteiger partial charge in [0.15, 0.2) is 11.9 Å². The van der Waals surface area contributed by atoms with E-state index in [0.29, 0.717) is 0 Å². The van der Waals surface area contributed by atoms with Crippen LogP contribution in [0.4, 0.5) is 13.2 Å². The third-order valence-electron chi connectivity index (χ3n) is 2.41. The molecule has 0 aromatic heterocycles. The maximum absolute atomic E-state index is 12.5. The molecule has 0 heterocycles. The summed E-state index contributed by atoms with van der Waals surface area (Å²) in [5.41, 5.74) is -0.807. The number of rotatable bonds is 5. The van der Waals surface area contributed by atoms with Crippen molar-refractivity contribution in [2.75, 3.05) is 14.1 Å². The first-order valence-corrected chi connectivity index (χ1v) is 5.92. The van der Waals surface area contributed by atoms with Crippen molar-refractivity contribution in [3.63, 3.8) is 0 Å². The predicted molar refractivity (Wildman–Crippen MR) is 69.4 cm³/mol. The summed E-state index contributed by atoms with van der Waals surface area (Å²) in [6, 6.07) is 4.45. The highest BCUT2D eigenvalue weighted by Gasteiger charge is 2.30. The van der Waals surface area contributed by atoms with Crippen molar-refractivity contribution in [2.45, 2.75) is 19.2 Å². The quantitative estimate of drug-likeness (QED) is 0.779. The summed E-state index contributed by atoms with van der Waals surface area (Å²) in [6.07, 6.45) is -2.42. The third kappa shape index (κ3) is 4.95. The SMILES string of the molecule is CC(Oc1cccc(C(F)(F)F)c1)C(=O)C=CN(C)C. The molecule has 1 aromatic carbocycles. The van der Waals surface area contributed by atoms with E-state index >= 15 is 0 Å². The van der Waals surface area contributed by atoms with Gasteiger partial charge in [0.1, 0.15) is 5.75 Å². The highest BCUT2D eigenvalue weighted by molar-refractivity contribution is 5.93. The molecule has 0 N–H and O–H groups in total. The highest BCUT2D eigenvalue weighted by Crippen LogP contribution is 2.31. The number of ether oxygens (including phenoxy) is 1. The molecule has 0 spiro atoms. The summed E-state index contributed by atoms with van der Waals surface area (Å²) < 4.78 is 42.8. The standard InChI is InChI=1S/C14H16F3NO2/c1-10(13(19)7-8-18(2)3)20-12-6-4-5-11(9-12)14(15,16)17/h4-10H,1-3H3. The van der Waals surface area contributed by atoms with Crippen LogP contribution in [0.5, 0.6) is 5.75 Å². The van der Waals surface area contributed by atoms with Gasteiger partial charge in [-0.25, -0.2) is 0 Å². The van der Waals surface area contributed by atoms with Crippen molar-refractivity contribution < 1.29 is 22.7 Å². The summed E-state index contributed by atoms with van der Waals surface area (Å²) in [5, 5.41) is 0. The van der Waals surface area contributed by atoms with Crippen molar-refractivity contribution >= 4 is 5.78 Å². The lowest BCUT2D eigenvalue weighted by Gasteiger charge is -2.14. The number of ketones is 1. The van der Waals surface area contributed by atoms with E-state index in [9.17, 15) is 18.0 Å². The van der Waals surface area contributed by atoms with Crippen molar-refractivity contribution in [1.82, 2.24) is 4.90 Å². The zero-order valence-electron chi connectivity index (χ0n) is 11.4. The van der Waals surface area contributed by atoms with Gasteiger partial charge >= 0.3 is 6.18 Å². The van der Waals surface area contributed by atoms with Crippen LogP contribution >= 0.6 is 0 Å². The van der Waals surface area contributed by atoms with Gasteiger partial charge in [0.25, 0.3) is 0 Å². The normalized spacial score (nSPS) is 13.3. The summed E-state index contributed by atoms with van der Waals surface area (Å²) in [6.45, 7) is 1.49. The van der Waals surface area contributed by atoms with Crippen molar-refractivity contribution in [3.05, 3.63) is 42.1 Å². The van der Waals surface area contributed by atoms with Gasteiger partial charge in [0.2, 0.25) is 0 Å². The van der Waals surface area contributed by atoms with Gasteiger partial charge in [-0.05, 0) is 25.1 Å². The van der Waals surface area contributed by atoms with Crippen LogP contribution in [0.2, 0.25) is 0 Å². The molecule has 0 radical (unpaired) electrons. The maximum Gasteiger partial charge on any atom is 0.416 e. The average Bonchev–Trinajstić information content (AvgIpc) is 2.35. The maximum atomic E-state index is 12.5. The summed E-state index contributed by atoms with van der Waals surface area (Å²) in [4.78, 5) is 13.3. The Morgan fingerprint density at radius 2 is 2.00 bits per heavy atom. The van der Waals surface area contributed by atoms with Gasteiger partial charge in [-0.1, -0.05) is 6.07 Å². The molecule has 1 rings (SSSR count). The van der Waals surface area contributed by atoms with Crippen LogP contribution < -0.4 is 4.74 Å². The van der Waals surface area contributed by atoms with Crippen LogP contribution in [0.1, 0.15) is 12.5 Å². The van der Waals surface area contributed by atoms with Gasteiger partial charge in [0, 0.05) is 26.4 Å². The fraction of sp³-hybridized carbons (Fsp3) is 0.357. The summed E-state index contributed by atoms with van der Waals surface area (Å²) in [5.74, 6) is -0.310. The van der Waals surface area contributed by atoms with Crippen LogP contribution in [-0.4, -0.2) is 30.9 Å². The molecule has 20 heavy (non-hydrogen) atoms. The van der Waals surface area contributed by atoms with E-state index in [1.807, 2.05) is 0 Å². The fourth-order valence-corrected chi connectivity index (χ4v) is 1.37. The second-order valence-corrected chi connectivity index (χ2v) is 4.47. The molecule has 0 aliphatic heterocycles. The molecule has 1 atom stereocenters. The first kappa shape index (κ1) is 16.1. The number of carbonyl (C=O) groups excluding carboxylic acids is 1. The molecule has 0 aliphatic rings. The number of alkyl halides is 3. The second-order valence-electron chi connectivity index (χ2n) is 4.47. The number of benzene rings is 1. The van der Waals surface area contributed by atoms with E-state index < -0.39 is 17.8 Å². The minimum Gasteiger partial charge on any atom is -0.483 e. The van der Waals surface area contributed by atoms with Crippen LogP contribution in [0.3, 0.4) is 0 Å². The lowest BCUT2D eigenvalue weighted by atomic mass is 10.2. The van der Waals surface area contributed by atoms with Crippen molar-refractivity contribution in [2.24, 2.45) is 0 Å². The van der Waals surface area contributed by atoms with Crippen molar-refractivity contribution in [3.8, 4) is 5.75 Å². The minimum atomic E-state index is -4.43. The van der Waals surface area contributed by atoms with Gasteiger partial charge in [-0.2, -0.15) is 13.2 Å². The molecule has 0 saturated heterocycles. The molecule has 0 aliphatic carbocycles. The number of carbonyl (C=O) groups is 1. The topological polar surface area (TPSA) is 29.5 Å². The van der Waals surface area contributed by atoms with Gasteiger partial charge in [-0.3, -0.25) is 4.79 Å².